The van der Waals surface area contributed by atoms with Crippen LogP contribution < -0.4 is 4.74 Å². The van der Waals surface area contributed by atoms with Gasteiger partial charge in [0.1, 0.15) is 0 Å². The number of rotatable bonds is 2. The van der Waals surface area contributed by atoms with Crippen molar-refractivity contribution in [1.82, 2.24) is 4.98 Å². The molecule has 1 rings (SSSR count). The Kier molecular flexibility index (Phi) is 3.87. The molecule has 0 saturated heterocycles. The molecule has 0 aromatic carbocycles. The molecule has 1 aromatic rings. The van der Waals surface area contributed by atoms with E-state index in [0.717, 1.165) is 0 Å². The molecule has 0 saturated carbocycles. The Hall–Kier alpha value is -1.68. The van der Waals surface area contributed by atoms with E-state index >= 15 is 0 Å². The Bertz CT molecular complexity index is 453. The predicted octanol–water partition coefficient (Wildman–Crippen LogP) is 3.37. The van der Waals surface area contributed by atoms with Crippen LogP contribution in [0.5, 0.6) is 5.88 Å². The second kappa shape index (κ2) is 4.78. The number of ether oxygens (including phenoxy) is 1. The van der Waals surface area contributed by atoms with E-state index in [0.29, 0.717) is 0 Å². The van der Waals surface area contributed by atoms with E-state index in [1.54, 1.807) is 0 Å². The molecule has 108 valence electrons. The van der Waals surface area contributed by atoms with Crippen LogP contribution in [0.2, 0.25) is 0 Å². The fraction of sp³-hybridized carbons (Fsp3) is 0.375. The quantitative estimate of drug-likeness (QED) is 0.617. The van der Waals surface area contributed by atoms with Crippen LogP contribution in [0.4, 0.5) is 39.5 Å². The first-order chi connectivity index (χ1) is 8.43. The van der Waals surface area contributed by atoms with Gasteiger partial charge < -0.3 is 4.74 Å². The van der Waals surface area contributed by atoms with Gasteiger partial charge in [-0.05, 0) is 0 Å². The first-order valence-corrected chi connectivity index (χ1v) is 4.24. The lowest BCUT2D eigenvalue weighted by atomic mass is 10.3. The van der Waals surface area contributed by atoms with Crippen molar-refractivity contribution in [1.29, 1.82) is 0 Å². The second-order valence-electron chi connectivity index (χ2n) is 3.13. The van der Waals surface area contributed by atoms with Gasteiger partial charge in [-0.3, -0.25) is 0 Å². The lowest BCUT2D eigenvalue weighted by molar-refractivity contribution is -0.300. The van der Waals surface area contributed by atoms with Crippen molar-refractivity contribution in [2.75, 3.05) is 0 Å². The SMILES string of the molecule is Fc1cc(F)c(OC(C(F)(F)F)C(F)(F)F)nc1F. The molecule has 0 radical (unpaired) electrons. The zero-order valence-corrected chi connectivity index (χ0v) is 8.41. The highest BCUT2D eigenvalue weighted by atomic mass is 19.4. The van der Waals surface area contributed by atoms with Crippen molar-refractivity contribution in [3.8, 4) is 5.88 Å². The van der Waals surface area contributed by atoms with Crippen LogP contribution in [0, 0.1) is 17.6 Å². The van der Waals surface area contributed by atoms with E-state index in [9.17, 15) is 39.5 Å². The molecule has 0 fully saturated rings. The highest BCUT2D eigenvalue weighted by Crippen LogP contribution is 2.36. The number of hydrogen-bond acceptors (Lipinski definition) is 2. The Labute approximate surface area is 98.3 Å². The van der Waals surface area contributed by atoms with Gasteiger partial charge in [0.05, 0.1) is 0 Å². The largest absolute Gasteiger partial charge is 0.453 e. The van der Waals surface area contributed by atoms with Gasteiger partial charge in [0, 0.05) is 6.07 Å². The normalized spacial score (nSPS) is 12.9. The smallest absolute Gasteiger partial charge is 0.434 e. The maximum atomic E-state index is 12.8. The van der Waals surface area contributed by atoms with Crippen molar-refractivity contribution in [3.63, 3.8) is 0 Å². The third kappa shape index (κ3) is 3.64. The summed E-state index contributed by atoms with van der Waals surface area (Å²) in [7, 11) is 0. The van der Waals surface area contributed by atoms with E-state index < -0.39 is 41.9 Å². The van der Waals surface area contributed by atoms with Crippen molar-refractivity contribution in [3.05, 3.63) is 23.6 Å². The number of alkyl halides is 6. The highest BCUT2D eigenvalue weighted by Gasteiger charge is 2.59. The zero-order chi connectivity index (χ0) is 15.0. The molecule has 2 nitrogen and oxygen atoms in total. The summed E-state index contributed by atoms with van der Waals surface area (Å²) in [6.45, 7) is 0. The monoisotopic (exact) mass is 299 g/mol. The van der Waals surface area contributed by atoms with Gasteiger partial charge >= 0.3 is 12.4 Å². The third-order valence-electron chi connectivity index (χ3n) is 1.68. The molecule has 0 aliphatic rings. The average Bonchev–Trinajstić information content (AvgIpc) is 2.17. The van der Waals surface area contributed by atoms with Crippen LogP contribution in [-0.2, 0) is 0 Å². The summed E-state index contributed by atoms with van der Waals surface area (Å²) in [5.74, 6) is -7.93. The summed E-state index contributed by atoms with van der Waals surface area (Å²) in [5.41, 5.74) is 0. The van der Waals surface area contributed by atoms with Crippen molar-refractivity contribution >= 4 is 0 Å². The Balaban J connectivity index is 3.15. The maximum Gasteiger partial charge on any atom is 0.434 e. The average molecular weight is 299 g/mol. The molecular weight excluding hydrogens is 297 g/mol. The Morgan fingerprint density at radius 2 is 1.37 bits per heavy atom. The molecule has 1 aromatic heterocycles. The third-order valence-corrected chi connectivity index (χ3v) is 1.68. The van der Waals surface area contributed by atoms with E-state index in [1.165, 1.54) is 0 Å². The van der Waals surface area contributed by atoms with Crippen molar-refractivity contribution in [2.24, 2.45) is 0 Å². The second-order valence-corrected chi connectivity index (χ2v) is 3.13. The minimum atomic E-state index is -5.93. The summed E-state index contributed by atoms with van der Waals surface area (Å²) in [4.78, 5) is 2.20. The molecule has 0 atom stereocenters. The lowest BCUT2D eigenvalue weighted by Crippen LogP contribution is -2.46. The summed E-state index contributed by atoms with van der Waals surface area (Å²) < 4.78 is 113. The predicted molar refractivity (Wildman–Crippen MR) is 40.6 cm³/mol. The van der Waals surface area contributed by atoms with Gasteiger partial charge in [0.2, 0.25) is 0 Å². The summed E-state index contributed by atoms with van der Waals surface area (Å²) >= 11 is 0. The number of halogens is 9. The van der Waals surface area contributed by atoms with Gasteiger partial charge in [-0.15, -0.1) is 0 Å². The summed E-state index contributed by atoms with van der Waals surface area (Å²) in [6.07, 6.45) is -16.3. The highest BCUT2D eigenvalue weighted by molar-refractivity contribution is 5.16. The minimum absolute atomic E-state index is 0.290. The Morgan fingerprint density at radius 1 is 0.895 bits per heavy atom. The fourth-order valence-corrected chi connectivity index (χ4v) is 0.942. The number of aromatic nitrogens is 1. The molecule has 0 aliphatic carbocycles. The van der Waals surface area contributed by atoms with E-state index in [-0.39, 0.29) is 6.07 Å². The minimum Gasteiger partial charge on any atom is -0.453 e. The topological polar surface area (TPSA) is 22.1 Å². The van der Waals surface area contributed by atoms with Crippen LogP contribution in [0.1, 0.15) is 0 Å². The molecule has 1 heterocycles. The molecule has 11 heteroatoms. The fourth-order valence-electron chi connectivity index (χ4n) is 0.942. The molecule has 0 spiro atoms. The molecular formula is C8H2F9NO. The van der Waals surface area contributed by atoms with E-state index in [2.05, 4.69) is 9.72 Å². The van der Waals surface area contributed by atoms with Crippen LogP contribution in [0.25, 0.3) is 0 Å². The van der Waals surface area contributed by atoms with Gasteiger partial charge in [0.15, 0.2) is 11.6 Å². The molecule has 19 heavy (non-hydrogen) atoms. The van der Waals surface area contributed by atoms with Crippen LogP contribution in [0.3, 0.4) is 0 Å². The first kappa shape index (κ1) is 15.4. The van der Waals surface area contributed by atoms with E-state index in [1.807, 2.05) is 0 Å². The van der Waals surface area contributed by atoms with Crippen LogP contribution in [-0.4, -0.2) is 23.4 Å². The standard InChI is InChI=1S/C8H2F9NO/c9-2-1-3(10)5(18-4(2)11)19-6(7(12,13)14)8(15,16)17/h1,6H. The maximum absolute atomic E-state index is 12.8. The summed E-state index contributed by atoms with van der Waals surface area (Å²) in [5, 5.41) is 0. The molecule has 0 aliphatic heterocycles. The van der Waals surface area contributed by atoms with Crippen LogP contribution in [0.15, 0.2) is 6.07 Å². The molecule has 0 bridgehead atoms. The Morgan fingerprint density at radius 3 is 1.79 bits per heavy atom. The van der Waals surface area contributed by atoms with Gasteiger partial charge in [-0.1, -0.05) is 0 Å². The van der Waals surface area contributed by atoms with Gasteiger partial charge in [0.25, 0.3) is 17.9 Å². The van der Waals surface area contributed by atoms with Gasteiger partial charge in [-0.25, -0.2) is 8.78 Å². The first-order valence-electron chi connectivity index (χ1n) is 4.24. The van der Waals surface area contributed by atoms with Crippen molar-refractivity contribution < 1.29 is 44.3 Å². The summed E-state index contributed by atoms with van der Waals surface area (Å²) in [6, 6.07) is -0.290. The zero-order valence-electron chi connectivity index (χ0n) is 8.41. The number of pyridine rings is 1. The lowest BCUT2D eigenvalue weighted by Gasteiger charge is -2.23. The van der Waals surface area contributed by atoms with E-state index in [4.69, 9.17) is 0 Å². The number of nitrogens with zero attached hydrogens (tertiary/aromatic N) is 1. The molecule has 0 unspecified atom stereocenters. The number of hydrogen-bond donors (Lipinski definition) is 0. The molecule has 0 N–H and O–H groups in total. The van der Waals surface area contributed by atoms with Crippen LogP contribution >= 0.6 is 0 Å². The molecule has 0 amide bonds. The van der Waals surface area contributed by atoms with Gasteiger partial charge in [-0.2, -0.15) is 35.7 Å². The van der Waals surface area contributed by atoms with Crippen molar-refractivity contribution in [2.45, 2.75) is 18.5 Å².